The second-order valence-corrected chi connectivity index (χ2v) is 5.29. The predicted molar refractivity (Wildman–Crippen MR) is 91.1 cm³/mol. The van der Waals surface area contributed by atoms with Crippen molar-refractivity contribution in [3.63, 3.8) is 0 Å². The number of unbranched alkanes of at least 4 members (excludes halogenated alkanes) is 8. The number of methoxy groups -OCH3 is 1. The van der Waals surface area contributed by atoms with Gasteiger partial charge in [-0.3, -0.25) is 0 Å². The topological polar surface area (TPSA) is 9.23 Å². The largest absolute Gasteiger partial charge is 0.385 e. The van der Waals surface area contributed by atoms with E-state index in [0.29, 0.717) is 0 Å². The fraction of sp³-hybridized carbons (Fsp3) is 0.684. The number of hydrogen-bond donors (Lipinski definition) is 0. The van der Waals surface area contributed by atoms with Gasteiger partial charge in [0.1, 0.15) is 0 Å². The van der Waals surface area contributed by atoms with E-state index in [1.165, 1.54) is 64.2 Å². The average Bonchev–Trinajstić information content (AvgIpc) is 2.47. The van der Waals surface area contributed by atoms with Crippen molar-refractivity contribution in [1.29, 1.82) is 0 Å². The van der Waals surface area contributed by atoms with Crippen LogP contribution in [0.3, 0.4) is 0 Å². The molecule has 0 atom stereocenters. The van der Waals surface area contributed by atoms with Gasteiger partial charge in [-0.2, -0.15) is 0 Å². The van der Waals surface area contributed by atoms with Crippen molar-refractivity contribution in [3.8, 4) is 0 Å². The molecule has 0 spiro atoms. The Morgan fingerprint density at radius 2 is 1.20 bits per heavy atom. The van der Waals surface area contributed by atoms with Crippen LogP contribution < -0.4 is 0 Å². The van der Waals surface area contributed by atoms with Crippen LogP contribution in [0.15, 0.2) is 36.5 Å². The van der Waals surface area contributed by atoms with Crippen molar-refractivity contribution in [1.82, 2.24) is 0 Å². The third kappa shape index (κ3) is 17.2. The first-order valence-corrected chi connectivity index (χ1v) is 8.39. The molecule has 0 aromatic carbocycles. The monoisotopic (exact) mass is 278 g/mol. The van der Waals surface area contributed by atoms with Crippen LogP contribution in [0.4, 0.5) is 0 Å². The van der Waals surface area contributed by atoms with Crippen molar-refractivity contribution in [3.05, 3.63) is 36.5 Å². The maximum Gasteiger partial charge on any atom is 0.0462 e. The Morgan fingerprint density at radius 3 is 1.80 bits per heavy atom. The highest BCUT2D eigenvalue weighted by Crippen LogP contribution is 2.07. The SMILES string of the molecule is CCCC/C=C/C=C/C=C\CCCCCCCCOC. The van der Waals surface area contributed by atoms with E-state index < -0.39 is 0 Å². The standard InChI is InChI=1S/C19H34O/c1-3-4-5-6-7-8-9-10-11-12-13-14-15-16-17-18-19-20-2/h6-11H,3-5,12-19H2,1-2H3/b7-6+,9-8+,11-10-. The first kappa shape index (κ1) is 19.2. The van der Waals surface area contributed by atoms with Crippen LogP contribution in [-0.2, 0) is 4.74 Å². The quantitative estimate of drug-likeness (QED) is 0.270. The molecule has 0 aromatic rings. The summed E-state index contributed by atoms with van der Waals surface area (Å²) in [5, 5.41) is 0. The molecule has 0 saturated heterocycles. The highest BCUT2D eigenvalue weighted by molar-refractivity contribution is 5.10. The van der Waals surface area contributed by atoms with Crippen molar-refractivity contribution in [2.75, 3.05) is 13.7 Å². The van der Waals surface area contributed by atoms with Gasteiger partial charge in [0.2, 0.25) is 0 Å². The van der Waals surface area contributed by atoms with E-state index in [0.717, 1.165) is 6.61 Å². The van der Waals surface area contributed by atoms with Crippen molar-refractivity contribution in [2.24, 2.45) is 0 Å². The van der Waals surface area contributed by atoms with E-state index in [9.17, 15) is 0 Å². The second kappa shape index (κ2) is 18.2. The van der Waals surface area contributed by atoms with Crippen molar-refractivity contribution >= 4 is 0 Å². The predicted octanol–water partition coefficient (Wildman–Crippen LogP) is 6.22. The molecule has 0 bridgehead atoms. The first-order chi connectivity index (χ1) is 9.91. The van der Waals surface area contributed by atoms with Crippen molar-refractivity contribution in [2.45, 2.75) is 71.1 Å². The normalized spacial score (nSPS) is 12.3. The number of allylic oxidation sites excluding steroid dienone is 6. The number of ether oxygens (including phenoxy) is 1. The molecule has 0 rings (SSSR count). The van der Waals surface area contributed by atoms with Gasteiger partial charge in [0.05, 0.1) is 0 Å². The van der Waals surface area contributed by atoms with Crippen LogP contribution in [0.25, 0.3) is 0 Å². The average molecular weight is 278 g/mol. The maximum atomic E-state index is 5.04. The number of rotatable bonds is 14. The van der Waals surface area contributed by atoms with Crippen LogP contribution in [0.5, 0.6) is 0 Å². The zero-order valence-corrected chi connectivity index (χ0v) is 13.7. The molecule has 0 aliphatic rings. The van der Waals surface area contributed by atoms with Gasteiger partial charge in [0.25, 0.3) is 0 Å². The zero-order chi connectivity index (χ0) is 14.7. The van der Waals surface area contributed by atoms with E-state index in [4.69, 9.17) is 4.74 Å². The summed E-state index contributed by atoms with van der Waals surface area (Å²) in [6.45, 7) is 3.15. The van der Waals surface area contributed by atoms with Gasteiger partial charge in [-0.05, 0) is 25.7 Å². The zero-order valence-electron chi connectivity index (χ0n) is 13.7. The van der Waals surface area contributed by atoms with Crippen molar-refractivity contribution < 1.29 is 4.74 Å². The molecular weight excluding hydrogens is 244 g/mol. The third-order valence-corrected chi connectivity index (χ3v) is 3.30. The molecular formula is C19H34O. The minimum absolute atomic E-state index is 0.919. The Hall–Kier alpha value is -0.820. The lowest BCUT2D eigenvalue weighted by Gasteiger charge is -1.99. The van der Waals surface area contributed by atoms with E-state index in [-0.39, 0.29) is 0 Å². The Bertz CT molecular complexity index is 250. The highest BCUT2D eigenvalue weighted by Gasteiger charge is 1.90. The highest BCUT2D eigenvalue weighted by atomic mass is 16.5. The van der Waals surface area contributed by atoms with Gasteiger partial charge in [-0.15, -0.1) is 0 Å². The van der Waals surface area contributed by atoms with Gasteiger partial charge in [-0.25, -0.2) is 0 Å². The summed E-state index contributed by atoms with van der Waals surface area (Å²) in [5.74, 6) is 0. The van der Waals surface area contributed by atoms with E-state index >= 15 is 0 Å². The summed E-state index contributed by atoms with van der Waals surface area (Å²) < 4.78 is 5.04. The summed E-state index contributed by atoms with van der Waals surface area (Å²) in [4.78, 5) is 0. The summed E-state index contributed by atoms with van der Waals surface area (Å²) in [6, 6.07) is 0. The molecule has 0 aromatic heterocycles. The lowest BCUT2D eigenvalue weighted by atomic mass is 10.1. The molecule has 0 aliphatic heterocycles. The Kier molecular flexibility index (Phi) is 17.4. The lowest BCUT2D eigenvalue weighted by Crippen LogP contribution is -1.88. The molecule has 0 unspecified atom stereocenters. The van der Waals surface area contributed by atoms with Crippen LogP contribution >= 0.6 is 0 Å². The van der Waals surface area contributed by atoms with Gasteiger partial charge in [-0.1, -0.05) is 81.9 Å². The molecule has 0 radical (unpaired) electrons. The smallest absolute Gasteiger partial charge is 0.0462 e. The molecule has 1 nitrogen and oxygen atoms in total. The fourth-order valence-electron chi connectivity index (χ4n) is 2.02. The molecule has 0 heterocycles. The second-order valence-electron chi connectivity index (χ2n) is 5.29. The third-order valence-electron chi connectivity index (χ3n) is 3.30. The van der Waals surface area contributed by atoms with E-state index in [1.54, 1.807) is 7.11 Å². The molecule has 1 heteroatoms. The van der Waals surface area contributed by atoms with E-state index in [1.807, 2.05) is 0 Å². The Labute approximate surface area is 126 Å². The summed E-state index contributed by atoms with van der Waals surface area (Å²) >= 11 is 0. The Balaban J connectivity index is 3.23. The van der Waals surface area contributed by atoms with Crippen LogP contribution in [0.2, 0.25) is 0 Å². The minimum atomic E-state index is 0.919. The molecule has 0 saturated carbocycles. The van der Waals surface area contributed by atoms with Crippen LogP contribution in [0.1, 0.15) is 71.1 Å². The molecule has 0 N–H and O–H groups in total. The maximum absolute atomic E-state index is 5.04. The summed E-state index contributed by atoms with van der Waals surface area (Å²) in [7, 11) is 1.78. The Morgan fingerprint density at radius 1 is 0.650 bits per heavy atom. The van der Waals surface area contributed by atoms with Gasteiger partial charge in [0.15, 0.2) is 0 Å². The van der Waals surface area contributed by atoms with Crippen LogP contribution in [-0.4, -0.2) is 13.7 Å². The molecule has 116 valence electrons. The fourth-order valence-corrected chi connectivity index (χ4v) is 2.02. The molecule has 0 amide bonds. The van der Waals surface area contributed by atoms with E-state index in [2.05, 4.69) is 43.4 Å². The van der Waals surface area contributed by atoms with Crippen LogP contribution in [0, 0.1) is 0 Å². The molecule has 0 fully saturated rings. The molecule has 20 heavy (non-hydrogen) atoms. The van der Waals surface area contributed by atoms with Gasteiger partial charge >= 0.3 is 0 Å². The minimum Gasteiger partial charge on any atom is -0.385 e. The lowest BCUT2D eigenvalue weighted by molar-refractivity contribution is 0.192. The van der Waals surface area contributed by atoms with Gasteiger partial charge < -0.3 is 4.74 Å². The van der Waals surface area contributed by atoms with Gasteiger partial charge in [0, 0.05) is 13.7 Å². The summed E-state index contributed by atoms with van der Waals surface area (Å²) in [5.41, 5.74) is 0. The number of hydrogen-bond acceptors (Lipinski definition) is 1. The molecule has 0 aliphatic carbocycles. The first-order valence-electron chi connectivity index (χ1n) is 8.39. The summed E-state index contributed by atoms with van der Waals surface area (Å²) in [6.07, 6.45) is 26.0.